The van der Waals surface area contributed by atoms with Crippen LogP contribution in [0.25, 0.3) is 10.6 Å². The molecule has 0 saturated heterocycles. The van der Waals surface area contributed by atoms with E-state index in [0.717, 1.165) is 16.3 Å². The van der Waals surface area contributed by atoms with Gasteiger partial charge in [0.1, 0.15) is 23.2 Å². The van der Waals surface area contributed by atoms with Crippen LogP contribution < -0.4 is 4.74 Å². The van der Waals surface area contributed by atoms with E-state index in [1.165, 1.54) is 29.5 Å². The number of methoxy groups -OCH3 is 1. The fraction of sp³-hybridized carbons (Fsp3) is 0.111. The summed E-state index contributed by atoms with van der Waals surface area (Å²) in [7, 11) is 1.60. The molecule has 0 bridgehead atoms. The van der Waals surface area contributed by atoms with Crippen molar-refractivity contribution in [2.24, 2.45) is 0 Å². The summed E-state index contributed by atoms with van der Waals surface area (Å²) in [5, 5.41) is 2.56. The lowest BCUT2D eigenvalue weighted by Crippen LogP contribution is -2.07. The van der Waals surface area contributed by atoms with Gasteiger partial charge < -0.3 is 9.47 Å². The second kappa shape index (κ2) is 7.76. The SMILES string of the molecule is COc1ccccc1-c1nc(COC(=O)c2cc(Br)ccc2F)cs1. The largest absolute Gasteiger partial charge is 0.496 e. The Morgan fingerprint density at radius 2 is 2.08 bits per heavy atom. The van der Waals surface area contributed by atoms with Crippen LogP contribution in [0.3, 0.4) is 0 Å². The Kier molecular flexibility index (Phi) is 5.45. The highest BCUT2D eigenvalue weighted by Crippen LogP contribution is 2.32. The molecule has 0 atom stereocenters. The maximum Gasteiger partial charge on any atom is 0.341 e. The zero-order chi connectivity index (χ0) is 17.8. The number of carbonyl (C=O) groups excluding carboxylic acids is 1. The summed E-state index contributed by atoms with van der Waals surface area (Å²) in [4.78, 5) is 16.5. The molecule has 0 aliphatic carbocycles. The molecular formula is C18H13BrFNO3S. The molecular weight excluding hydrogens is 409 g/mol. The monoisotopic (exact) mass is 421 g/mol. The minimum Gasteiger partial charge on any atom is -0.496 e. The van der Waals surface area contributed by atoms with Crippen LogP contribution in [0.4, 0.5) is 4.39 Å². The summed E-state index contributed by atoms with van der Waals surface area (Å²) in [6.45, 7) is -0.0313. The van der Waals surface area contributed by atoms with Gasteiger partial charge in [0.25, 0.3) is 0 Å². The van der Waals surface area contributed by atoms with Crippen molar-refractivity contribution in [3.63, 3.8) is 0 Å². The highest BCUT2D eigenvalue weighted by molar-refractivity contribution is 9.10. The number of hydrogen-bond donors (Lipinski definition) is 0. The van der Waals surface area contributed by atoms with Gasteiger partial charge >= 0.3 is 5.97 Å². The van der Waals surface area contributed by atoms with E-state index < -0.39 is 11.8 Å². The summed E-state index contributed by atoms with van der Waals surface area (Å²) in [5.41, 5.74) is 1.34. The lowest BCUT2D eigenvalue weighted by molar-refractivity contribution is 0.0463. The second-order valence-electron chi connectivity index (χ2n) is 5.04. The molecule has 1 heterocycles. The van der Waals surface area contributed by atoms with Crippen molar-refractivity contribution in [1.29, 1.82) is 0 Å². The topological polar surface area (TPSA) is 48.4 Å². The molecule has 3 aromatic rings. The van der Waals surface area contributed by atoms with Crippen molar-refractivity contribution >= 4 is 33.2 Å². The number of rotatable bonds is 5. The average Bonchev–Trinajstić information content (AvgIpc) is 3.10. The quantitative estimate of drug-likeness (QED) is 0.539. The molecule has 2 aromatic carbocycles. The van der Waals surface area contributed by atoms with E-state index in [2.05, 4.69) is 20.9 Å². The first-order chi connectivity index (χ1) is 12.1. The molecule has 7 heteroatoms. The number of hydrogen-bond acceptors (Lipinski definition) is 5. The number of nitrogens with zero attached hydrogens (tertiary/aromatic N) is 1. The standard InChI is InChI=1S/C18H13BrFNO3S/c1-23-16-5-3-2-4-13(16)17-21-12(10-25-17)9-24-18(22)14-8-11(19)6-7-15(14)20/h2-8,10H,9H2,1H3. The molecule has 0 radical (unpaired) electrons. The predicted molar refractivity (Wildman–Crippen MR) is 97.3 cm³/mol. The van der Waals surface area contributed by atoms with Gasteiger partial charge in [-0.15, -0.1) is 11.3 Å². The van der Waals surface area contributed by atoms with Gasteiger partial charge in [0.2, 0.25) is 0 Å². The van der Waals surface area contributed by atoms with Crippen LogP contribution in [0, 0.1) is 5.82 Å². The summed E-state index contributed by atoms with van der Waals surface area (Å²) in [5.74, 6) is -0.636. The van der Waals surface area contributed by atoms with Gasteiger partial charge in [-0.05, 0) is 30.3 Å². The van der Waals surface area contributed by atoms with Crippen LogP contribution in [0.1, 0.15) is 16.1 Å². The first-order valence-corrected chi connectivity index (χ1v) is 8.95. The third-order valence-corrected chi connectivity index (χ3v) is 4.81. The molecule has 0 aliphatic rings. The minimum atomic E-state index is -0.731. The average molecular weight is 422 g/mol. The Balaban J connectivity index is 1.72. The van der Waals surface area contributed by atoms with Crippen LogP contribution in [0.2, 0.25) is 0 Å². The Hall–Kier alpha value is -2.25. The van der Waals surface area contributed by atoms with Crippen LogP contribution >= 0.6 is 27.3 Å². The number of aromatic nitrogens is 1. The molecule has 0 amide bonds. The minimum absolute atomic E-state index is 0.0313. The highest BCUT2D eigenvalue weighted by Gasteiger charge is 2.15. The van der Waals surface area contributed by atoms with Gasteiger partial charge in [0.15, 0.2) is 0 Å². The maximum atomic E-state index is 13.7. The molecule has 0 unspecified atom stereocenters. The summed E-state index contributed by atoms with van der Waals surface area (Å²) in [6, 6.07) is 11.7. The summed E-state index contributed by atoms with van der Waals surface area (Å²) < 4.78 is 24.8. The number of halogens is 2. The van der Waals surface area contributed by atoms with Crippen LogP contribution in [-0.2, 0) is 11.3 Å². The molecule has 0 saturated carbocycles. The molecule has 1 aromatic heterocycles. The number of esters is 1. The Bertz CT molecular complexity index is 913. The van der Waals surface area contributed by atoms with Crippen LogP contribution in [0.5, 0.6) is 5.75 Å². The zero-order valence-corrected chi connectivity index (χ0v) is 15.6. The van der Waals surface area contributed by atoms with Gasteiger partial charge in [-0.1, -0.05) is 28.1 Å². The molecule has 4 nitrogen and oxygen atoms in total. The van der Waals surface area contributed by atoms with E-state index in [0.29, 0.717) is 10.2 Å². The van der Waals surface area contributed by atoms with Gasteiger partial charge in [-0.3, -0.25) is 0 Å². The van der Waals surface area contributed by atoms with E-state index in [1.807, 2.05) is 24.3 Å². The van der Waals surface area contributed by atoms with Crippen molar-refractivity contribution in [2.75, 3.05) is 7.11 Å². The lowest BCUT2D eigenvalue weighted by Gasteiger charge is -2.05. The van der Waals surface area contributed by atoms with Crippen molar-refractivity contribution in [1.82, 2.24) is 4.98 Å². The first-order valence-electron chi connectivity index (χ1n) is 7.28. The number of carbonyl (C=O) groups is 1. The smallest absolute Gasteiger partial charge is 0.341 e. The Morgan fingerprint density at radius 3 is 2.88 bits per heavy atom. The molecule has 0 N–H and O–H groups in total. The van der Waals surface area contributed by atoms with Gasteiger partial charge in [0.05, 0.1) is 23.9 Å². The predicted octanol–water partition coefficient (Wildman–Crippen LogP) is 5.08. The van der Waals surface area contributed by atoms with Crippen molar-refractivity contribution in [3.05, 3.63) is 69.4 Å². The summed E-state index contributed by atoms with van der Waals surface area (Å²) in [6.07, 6.45) is 0. The van der Waals surface area contributed by atoms with E-state index in [1.54, 1.807) is 12.5 Å². The molecule has 128 valence electrons. The number of benzene rings is 2. The van der Waals surface area contributed by atoms with Gasteiger partial charge in [-0.25, -0.2) is 14.2 Å². The zero-order valence-electron chi connectivity index (χ0n) is 13.2. The molecule has 0 fully saturated rings. The molecule has 25 heavy (non-hydrogen) atoms. The number of para-hydroxylation sites is 1. The molecule has 0 spiro atoms. The lowest BCUT2D eigenvalue weighted by atomic mass is 10.2. The van der Waals surface area contributed by atoms with E-state index in [9.17, 15) is 9.18 Å². The van der Waals surface area contributed by atoms with Crippen molar-refractivity contribution < 1.29 is 18.7 Å². The van der Waals surface area contributed by atoms with Crippen molar-refractivity contribution in [3.8, 4) is 16.3 Å². The number of thiazole rings is 1. The van der Waals surface area contributed by atoms with Crippen LogP contribution in [0.15, 0.2) is 52.3 Å². The second-order valence-corrected chi connectivity index (χ2v) is 6.82. The van der Waals surface area contributed by atoms with Gasteiger partial charge in [0, 0.05) is 9.85 Å². The third kappa shape index (κ3) is 4.05. The normalized spacial score (nSPS) is 10.5. The fourth-order valence-corrected chi connectivity index (χ4v) is 3.38. The van der Waals surface area contributed by atoms with E-state index in [4.69, 9.17) is 9.47 Å². The molecule has 0 aliphatic heterocycles. The first kappa shape index (κ1) is 17.6. The van der Waals surface area contributed by atoms with E-state index in [-0.39, 0.29) is 12.2 Å². The Morgan fingerprint density at radius 1 is 1.28 bits per heavy atom. The highest BCUT2D eigenvalue weighted by atomic mass is 79.9. The van der Waals surface area contributed by atoms with E-state index >= 15 is 0 Å². The van der Waals surface area contributed by atoms with Crippen molar-refractivity contribution in [2.45, 2.75) is 6.61 Å². The number of ether oxygens (including phenoxy) is 2. The van der Waals surface area contributed by atoms with Crippen LogP contribution in [-0.4, -0.2) is 18.1 Å². The Labute approximate surface area is 156 Å². The van der Waals surface area contributed by atoms with Gasteiger partial charge in [-0.2, -0.15) is 0 Å². The fourth-order valence-electron chi connectivity index (χ4n) is 2.19. The maximum absolute atomic E-state index is 13.7. The summed E-state index contributed by atoms with van der Waals surface area (Å²) >= 11 is 4.63. The third-order valence-electron chi connectivity index (χ3n) is 3.39. The molecule has 3 rings (SSSR count).